The van der Waals surface area contributed by atoms with Crippen LogP contribution < -0.4 is 14.8 Å². The largest absolute Gasteiger partial charge is 0.497 e. The summed E-state index contributed by atoms with van der Waals surface area (Å²) in [6.07, 6.45) is 2.74. The number of nitrogens with one attached hydrogen (secondary N) is 1. The van der Waals surface area contributed by atoms with Crippen LogP contribution in [0.2, 0.25) is 0 Å². The lowest BCUT2D eigenvalue weighted by Gasteiger charge is -2.11. The third-order valence-electron chi connectivity index (χ3n) is 3.01. The molecule has 0 saturated carbocycles. The Kier molecular flexibility index (Phi) is 5.67. The fourth-order valence-electron chi connectivity index (χ4n) is 1.79. The van der Waals surface area contributed by atoms with Gasteiger partial charge in [-0.15, -0.1) is 0 Å². The fourth-order valence-corrected chi connectivity index (χ4v) is 1.79. The van der Waals surface area contributed by atoms with Crippen LogP contribution in [-0.2, 0) is 9.53 Å². The fraction of sp³-hybridized carbons (Fsp3) is 0.250. The molecule has 0 aliphatic rings. The first-order valence-electron chi connectivity index (χ1n) is 7.01. The summed E-state index contributed by atoms with van der Waals surface area (Å²) in [5, 5.41) is 2.60. The Hall–Kier alpha value is -3.16. The molecule has 0 unspecified atom stereocenters. The van der Waals surface area contributed by atoms with E-state index in [9.17, 15) is 9.59 Å². The van der Waals surface area contributed by atoms with Gasteiger partial charge >= 0.3 is 5.97 Å². The summed E-state index contributed by atoms with van der Waals surface area (Å²) in [5.74, 6) is -0.209. The lowest BCUT2D eigenvalue weighted by atomic mass is 10.2. The van der Waals surface area contributed by atoms with Gasteiger partial charge in [0.25, 0.3) is 5.91 Å². The van der Waals surface area contributed by atoms with Gasteiger partial charge < -0.3 is 19.5 Å². The van der Waals surface area contributed by atoms with Gasteiger partial charge in [0, 0.05) is 12.3 Å². The Morgan fingerprint density at radius 3 is 2.54 bits per heavy atom. The molecular weight excluding hydrogens is 314 g/mol. The molecule has 1 aromatic carbocycles. The normalized spacial score (nSPS) is 9.96. The zero-order chi connectivity index (χ0) is 17.5. The summed E-state index contributed by atoms with van der Waals surface area (Å²) in [5.41, 5.74) is 1.15. The number of carbonyl (C=O) groups excluding carboxylic acids is 2. The highest BCUT2D eigenvalue weighted by Gasteiger charge is 2.13. The van der Waals surface area contributed by atoms with Crippen molar-refractivity contribution in [2.45, 2.75) is 6.92 Å². The second-order valence-electron chi connectivity index (χ2n) is 4.73. The Bertz CT molecular complexity index is 731. The van der Waals surface area contributed by atoms with Gasteiger partial charge in [-0.05, 0) is 19.1 Å². The molecule has 0 atom stereocenters. The van der Waals surface area contributed by atoms with Crippen LogP contribution in [0.15, 0.2) is 30.6 Å². The third-order valence-corrected chi connectivity index (χ3v) is 3.01. The quantitative estimate of drug-likeness (QED) is 0.802. The number of esters is 1. The number of aromatic nitrogens is 2. The molecule has 8 nitrogen and oxygen atoms in total. The number of aryl methyl sites for hydroxylation is 1. The van der Waals surface area contributed by atoms with Crippen LogP contribution >= 0.6 is 0 Å². The molecule has 24 heavy (non-hydrogen) atoms. The van der Waals surface area contributed by atoms with E-state index < -0.39 is 18.5 Å². The van der Waals surface area contributed by atoms with E-state index in [0.717, 1.165) is 0 Å². The standard InChI is InChI=1S/C16H17N3O5/c1-10-7-18-13(8-17-10)16(21)24-9-15(20)19-12-5-4-11(22-2)6-14(12)23-3/h4-8H,9H2,1-3H3,(H,19,20). The summed E-state index contributed by atoms with van der Waals surface area (Å²) in [7, 11) is 3.00. The van der Waals surface area contributed by atoms with Gasteiger partial charge in [0.15, 0.2) is 12.3 Å². The molecule has 8 heteroatoms. The van der Waals surface area contributed by atoms with E-state index in [1.807, 2.05) is 0 Å². The number of rotatable bonds is 6. The molecule has 0 fully saturated rings. The average Bonchev–Trinajstić information content (AvgIpc) is 2.60. The van der Waals surface area contributed by atoms with E-state index in [1.54, 1.807) is 25.1 Å². The average molecular weight is 331 g/mol. The molecule has 0 radical (unpaired) electrons. The number of nitrogens with zero attached hydrogens (tertiary/aromatic N) is 2. The van der Waals surface area contributed by atoms with E-state index >= 15 is 0 Å². The molecule has 2 aromatic rings. The first kappa shape index (κ1) is 17.2. The van der Waals surface area contributed by atoms with Crippen LogP contribution in [0.25, 0.3) is 0 Å². The number of hydrogen-bond acceptors (Lipinski definition) is 7. The summed E-state index contributed by atoms with van der Waals surface area (Å²) < 4.78 is 15.2. The van der Waals surface area contributed by atoms with Gasteiger partial charge in [0.2, 0.25) is 0 Å². The zero-order valence-electron chi connectivity index (χ0n) is 13.5. The highest BCUT2D eigenvalue weighted by molar-refractivity contribution is 5.95. The minimum atomic E-state index is -0.723. The molecule has 0 spiro atoms. The van der Waals surface area contributed by atoms with Gasteiger partial charge in [-0.25, -0.2) is 9.78 Å². The predicted molar refractivity (Wildman–Crippen MR) is 85.2 cm³/mol. The number of amides is 1. The lowest BCUT2D eigenvalue weighted by Crippen LogP contribution is -2.21. The summed E-state index contributed by atoms with van der Waals surface area (Å²) in [6.45, 7) is 1.29. The molecule has 0 saturated heterocycles. The molecule has 0 aliphatic heterocycles. The van der Waals surface area contributed by atoms with Crippen LogP contribution in [0.1, 0.15) is 16.2 Å². The van der Waals surface area contributed by atoms with Crippen LogP contribution in [0.3, 0.4) is 0 Å². The number of anilines is 1. The highest BCUT2D eigenvalue weighted by Crippen LogP contribution is 2.28. The van der Waals surface area contributed by atoms with Crippen molar-refractivity contribution in [3.05, 3.63) is 42.0 Å². The maximum atomic E-state index is 11.9. The monoisotopic (exact) mass is 331 g/mol. The molecule has 0 aliphatic carbocycles. The topological polar surface area (TPSA) is 99.6 Å². The number of benzene rings is 1. The van der Waals surface area contributed by atoms with Crippen LogP contribution in [0.4, 0.5) is 5.69 Å². The van der Waals surface area contributed by atoms with Crippen molar-refractivity contribution in [1.29, 1.82) is 0 Å². The van der Waals surface area contributed by atoms with Crippen molar-refractivity contribution in [2.24, 2.45) is 0 Å². The number of hydrogen-bond donors (Lipinski definition) is 1. The van der Waals surface area contributed by atoms with Crippen molar-refractivity contribution in [2.75, 3.05) is 26.1 Å². The van der Waals surface area contributed by atoms with Gasteiger partial charge in [-0.1, -0.05) is 0 Å². The van der Waals surface area contributed by atoms with Crippen LogP contribution in [-0.4, -0.2) is 42.7 Å². The zero-order valence-corrected chi connectivity index (χ0v) is 13.5. The minimum absolute atomic E-state index is 0.0374. The van der Waals surface area contributed by atoms with Crippen LogP contribution in [0, 0.1) is 6.92 Å². The van der Waals surface area contributed by atoms with Crippen molar-refractivity contribution in [1.82, 2.24) is 9.97 Å². The molecule has 1 amide bonds. The van der Waals surface area contributed by atoms with Crippen LogP contribution in [0.5, 0.6) is 11.5 Å². The Morgan fingerprint density at radius 2 is 1.92 bits per heavy atom. The molecule has 126 valence electrons. The number of ether oxygens (including phenoxy) is 3. The molecule has 1 heterocycles. The summed E-state index contributed by atoms with van der Waals surface area (Å²) >= 11 is 0. The first-order valence-corrected chi connectivity index (χ1v) is 7.01. The maximum Gasteiger partial charge on any atom is 0.359 e. The maximum absolute atomic E-state index is 11.9. The summed E-state index contributed by atoms with van der Waals surface area (Å²) in [4.78, 5) is 31.5. The van der Waals surface area contributed by atoms with E-state index in [1.165, 1.54) is 26.6 Å². The first-order chi connectivity index (χ1) is 11.5. The lowest BCUT2D eigenvalue weighted by molar-refractivity contribution is -0.119. The van der Waals surface area contributed by atoms with Gasteiger partial charge in [-0.3, -0.25) is 9.78 Å². The Balaban J connectivity index is 1.93. The molecule has 1 aromatic heterocycles. The third kappa shape index (κ3) is 4.42. The Morgan fingerprint density at radius 1 is 1.12 bits per heavy atom. The van der Waals surface area contributed by atoms with Crippen molar-refractivity contribution < 1.29 is 23.8 Å². The second kappa shape index (κ2) is 7.91. The van der Waals surface area contributed by atoms with Crippen molar-refractivity contribution in [3.63, 3.8) is 0 Å². The van der Waals surface area contributed by atoms with E-state index in [2.05, 4.69) is 15.3 Å². The molecule has 2 rings (SSSR count). The number of carbonyl (C=O) groups is 2. The molecule has 1 N–H and O–H groups in total. The van der Waals surface area contributed by atoms with Gasteiger partial charge in [0.1, 0.15) is 11.5 Å². The Labute approximate surface area is 138 Å². The van der Waals surface area contributed by atoms with E-state index in [4.69, 9.17) is 14.2 Å². The highest BCUT2D eigenvalue weighted by atomic mass is 16.5. The number of methoxy groups -OCH3 is 2. The molecular formula is C16H17N3O5. The predicted octanol–water partition coefficient (Wildman–Crippen LogP) is 1.60. The van der Waals surface area contributed by atoms with Gasteiger partial charge in [0.05, 0.1) is 31.8 Å². The minimum Gasteiger partial charge on any atom is -0.497 e. The summed E-state index contributed by atoms with van der Waals surface area (Å²) in [6, 6.07) is 4.93. The van der Waals surface area contributed by atoms with Crippen molar-refractivity contribution in [3.8, 4) is 11.5 Å². The SMILES string of the molecule is COc1ccc(NC(=O)COC(=O)c2cnc(C)cn2)c(OC)c1. The van der Waals surface area contributed by atoms with E-state index in [-0.39, 0.29) is 5.69 Å². The molecule has 0 bridgehead atoms. The smallest absolute Gasteiger partial charge is 0.359 e. The van der Waals surface area contributed by atoms with Gasteiger partial charge in [-0.2, -0.15) is 0 Å². The second-order valence-corrected chi connectivity index (χ2v) is 4.73. The van der Waals surface area contributed by atoms with Crippen molar-refractivity contribution >= 4 is 17.6 Å². The van der Waals surface area contributed by atoms with E-state index in [0.29, 0.717) is 22.9 Å².